The summed E-state index contributed by atoms with van der Waals surface area (Å²) < 4.78 is 10.8. The van der Waals surface area contributed by atoms with Gasteiger partial charge in [0.05, 0.1) is 6.61 Å². The van der Waals surface area contributed by atoms with E-state index in [1.807, 2.05) is 60.7 Å². The van der Waals surface area contributed by atoms with Crippen molar-refractivity contribution >= 4 is 24.0 Å². The van der Waals surface area contributed by atoms with E-state index in [9.17, 15) is 24.3 Å². The lowest BCUT2D eigenvalue weighted by Crippen LogP contribution is -2.59. The highest BCUT2D eigenvalue weighted by molar-refractivity contribution is 5.88. The molecular formula is C36H50N4O7. The molecule has 256 valence electrons. The van der Waals surface area contributed by atoms with Gasteiger partial charge in [-0.05, 0) is 35.8 Å². The van der Waals surface area contributed by atoms with Crippen molar-refractivity contribution in [3.05, 3.63) is 71.8 Å². The van der Waals surface area contributed by atoms with Crippen LogP contribution in [-0.4, -0.2) is 54.0 Å². The lowest BCUT2D eigenvalue weighted by molar-refractivity contribution is -0.127. The Hall–Kier alpha value is -4.12. The molecule has 11 nitrogen and oxygen atoms in total. The molecule has 11 heteroatoms. The van der Waals surface area contributed by atoms with Gasteiger partial charge in [0.2, 0.25) is 11.8 Å². The fourth-order valence-electron chi connectivity index (χ4n) is 6.46. The van der Waals surface area contributed by atoms with Gasteiger partial charge in [0.1, 0.15) is 31.5 Å². The number of carbonyl (C=O) groups excluding carboxylic acids is 4. The fraction of sp³-hybridized carbons (Fsp3) is 0.556. The van der Waals surface area contributed by atoms with E-state index < -0.39 is 48.9 Å². The molecule has 0 spiro atoms. The number of ether oxygens (including phenoxy) is 2. The van der Waals surface area contributed by atoms with Crippen LogP contribution >= 0.6 is 0 Å². The van der Waals surface area contributed by atoms with Gasteiger partial charge in [-0.2, -0.15) is 0 Å². The minimum Gasteiger partial charge on any atom is -0.445 e. The molecule has 0 aromatic heterocycles. The summed E-state index contributed by atoms with van der Waals surface area (Å²) in [4.78, 5) is 52.5. The van der Waals surface area contributed by atoms with Gasteiger partial charge in [-0.1, -0.05) is 125 Å². The summed E-state index contributed by atoms with van der Waals surface area (Å²) >= 11 is 0. The van der Waals surface area contributed by atoms with E-state index in [0.29, 0.717) is 12.8 Å². The number of carbonyl (C=O) groups is 4. The second-order valence-electron chi connectivity index (χ2n) is 12.7. The lowest BCUT2D eigenvalue weighted by Gasteiger charge is -2.29. The standard InChI is InChI=1S/C36H50N4O7/c41-23-32(39-33(42)30(21-26-13-5-1-6-14-26)37-35(44)46-24-28-17-9-3-10-18-28)40-34(43)31(22-27-15-7-2-8-16-27)38-36(45)47-25-29-19-11-4-12-20-29/h3-4,9-12,17-20,26-27,30-32,41H,1-2,5-8,13-16,21-25H2,(H,37,44)(H,38,45)(H,39,42)(H,40,43)/t30-,31-/m0/s1. The Morgan fingerprint density at radius 1 is 0.596 bits per heavy atom. The third-order valence-corrected chi connectivity index (χ3v) is 9.05. The number of aliphatic hydroxyl groups is 1. The summed E-state index contributed by atoms with van der Waals surface area (Å²) in [5, 5.41) is 21.0. The normalized spacial score (nSPS) is 16.8. The van der Waals surface area contributed by atoms with E-state index in [2.05, 4.69) is 21.3 Å². The number of hydrogen-bond donors (Lipinski definition) is 5. The van der Waals surface area contributed by atoms with Crippen LogP contribution < -0.4 is 21.3 Å². The van der Waals surface area contributed by atoms with Crippen LogP contribution in [0.3, 0.4) is 0 Å². The van der Waals surface area contributed by atoms with E-state index >= 15 is 0 Å². The topological polar surface area (TPSA) is 155 Å². The molecule has 4 amide bonds. The van der Waals surface area contributed by atoms with Crippen LogP contribution in [0.5, 0.6) is 0 Å². The van der Waals surface area contributed by atoms with Crippen molar-refractivity contribution in [3.8, 4) is 0 Å². The zero-order valence-corrected chi connectivity index (χ0v) is 27.2. The highest BCUT2D eigenvalue weighted by Crippen LogP contribution is 2.28. The average molecular weight is 651 g/mol. The molecule has 2 saturated carbocycles. The van der Waals surface area contributed by atoms with Crippen molar-refractivity contribution in [2.45, 2.75) is 109 Å². The highest BCUT2D eigenvalue weighted by Gasteiger charge is 2.31. The van der Waals surface area contributed by atoms with Gasteiger partial charge in [-0.15, -0.1) is 0 Å². The maximum absolute atomic E-state index is 13.5. The number of amides is 4. The van der Waals surface area contributed by atoms with Crippen molar-refractivity contribution in [1.82, 2.24) is 21.3 Å². The van der Waals surface area contributed by atoms with Crippen LogP contribution in [0.2, 0.25) is 0 Å². The first kappa shape index (κ1) is 35.7. The molecule has 47 heavy (non-hydrogen) atoms. The SMILES string of the molecule is O=C(N[C@@H](CC1CCCCC1)C(=O)NC(CO)NC(=O)[C@H](CC1CCCCC1)NC(=O)OCc1ccccc1)OCc1ccccc1. The van der Waals surface area contributed by atoms with Crippen LogP contribution in [0.25, 0.3) is 0 Å². The average Bonchev–Trinajstić information content (AvgIpc) is 3.10. The first-order valence-corrected chi connectivity index (χ1v) is 17.1. The Balaban J connectivity index is 1.36. The molecule has 2 aromatic carbocycles. The van der Waals surface area contributed by atoms with Gasteiger partial charge in [-0.25, -0.2) is 9.59 Å². The summed E-state index contributed by atoms with van der Waals surface area (Å²) in [6, 6.07) is 16.7. The number of aliphatic hydroxyl groups excluding tert-OH is 1. The van der Waals surface area contributed by atoms with Crippen molar-refractivity contribution in [2.24, 2.45) is 11.8 Å². The van der Waals surface area contributed by atoms with Crippen molar-refractivity contribution in [2.75, 3.05) is 6.61 Å². The van der Waals surface area contributed by atoms with E-state index in [-0.39, 0.29) is 25.0 Å². The van der Waals surface area contributed by atoms with Crippen LogP contribution in [0, 0.1) is 11.8 Å². The molecule has 4 rings (SSSR count). The number of benzene rings is 2. The third-order valence-electron chi connectivity index (χ3n) is 9.05. The molecule has 2 aliphatic rings. The predicted octanol–water partition coefficient (Wildman–Crippen LogP) is 5.07. The quantitative estimate of drug-likeness (QED) is 0.169. The monoisotopic (exact) mass is 650 g/mol. The Morgan fingerprint density at radius 2 is 0.979 bits per heavy atom. The van der Waals surface area contributed by atoms with Crippen molar-refractivity contribution < 1.29 is 33.8 Å². The van der Waals surface area contributed by atoms with Crippen LogP contribution in [-0.2, 0) is 32.3 Å². The molecule has 2 fully saturated rings. The number of nitrogens with one attached hydrogen (secondary N) is 4. The molecule has 2 atom stereocenters. The summed E-state index contributed by atoms with van der Waals surface area (Å²) in [6.45, 7) is -0.466. The molecule has 0 aliphatic heterocycles. The molecule has 0 bridgehead atoms. The summed E-state index contributed by atoms with van der Waals surface area (Å²) in [5.74, 6) is -0.569. The zero-order chi connectivity index (χ0) is 33.3. The maximum atomic E-state index is 13.5. The first-order chi connectivity index (χ1) is 22.9. The molecular weight excluding hydrogens is 600 g/mol. The van der Waals surface area contributed by atoms with Gasteiger partial charge >= 0.3 is 12.2 Å². The molecule has 0 radical (unpaired) electrons. The van der Waals surface area contributed by atoms with E-state index in [4.69, 9.17) is 9.47 Å². The molecule has 2 aromatic rings. The van der Waals surface area contributed by atoms with Gasteiger partial charge in [0, 0.05) is 0 Å². The van der Waals surface area contributed by atoms with Crippen LogP contribution in [0.15, 0.2) is 60.7 Å². The van der Waals surface area contributed by atoms with Gasteiger partial charge in [0.25, 0.3) is 0 Å². The minimum absolute atomic E-state index is 0.0585. The summed E-state index contributed by atoms with van der Waals surface area (Å²) in [5.41, 5.74) is 1.64. The lowest BCUT2D eigenvalue weighted by atomic mass is 9.84. The number of rotatable bonds is 15. The molecule has 0 unspecified atom stereocenters. The van der Waals surface area contributed by atoms with Gasteiger partial charge < -0.3 is 35.8 Å². The first-order valence-electron chi connectivity index (χ1n) is 17.1. The van der Waals surface area contributed by atoms with Crippen molar-refractivity contribution in [1.29, 1.82) is 0 Å². The van der Waals surface area contributed by atoms with Crippen LogP contribution in [0.1, 0.15) is 88.2 Å². The second kappa shape index (κ2) is 19.5. The Morgan fingerprint density at radius 3 is 1.34 bits per heavy atom. The minimum atomic E-state index is -1.14. The Bertz CT molecular complexity index is 1150. The zero-order valence-electron chi connectivity index (χ0n) is 27.2. The smallest absolute Gasteiger partial charge is 0.408 e. The third kappa shape index (κ3) is 12.9. The largest absolute Gasteiger partial charge is 0.445 e. The van der Waals surface area contributed by atoms with Crippen LogP contribution in [0.4, 0.5) is 9.59 Å². The number of hydrogen-bond acceptors (Lipinski definition) is 7. The van der Waals surface area contributed by atoms with Gasteiger partial charge in [-0.3, -0.25) is 9.59 Å². The van der Waals surface area contributed by atoms with Gasteiger partial charge in [0.15, 0.2) is 0 Å². The molecule has 2 aliphatic carbocycles. The highest BCUT2D eigenvalue weighted by atomic mass is 16.6. The predicted molar refractivity (Wildman–Crippen MR) is 177 cm³/mol. The maximum Gasteiger partial charge on any atom is 0.408 e. The Labute approximate surface area is 277 Å². The van der Waals surface area contributed by atoms with Crippen molar-refractivity contribution in [3.63, 3.8) is 0 Å². The molecule has 0 heterocycles. The number of alkyl carbamates (subject to hydrolysis) is 2. The van der Waals surface area contributed by atoms with E-state index in [1.54, 1.807) is 0 Å². The second-order valence-corrected chi connectivity index (χ2v) is 12.7. The van der Waals surface area contributed by atoms with E-state index in [1.165, 1.54) is 0 Å². The summed E-state index contributed by atoms with van der Waals surface area (Å²) in [6.07, 6.45) is 8.63. The molecule has 5 N–H and O–H groups in total. The fourth-order valence-corrected chi connectivity index (χ4v) is 6.46. The van der Waals surface area contributed by atoms with E-state index in [0.717, 1.165) is 75.3 Å². The summed E-state index contributed by atoms with van der Waals surface area (Å²) in [7, 11) is 0. The Kier molecular flexibility index (Phi) is 14.8. The molecule has 0 saturated heterocycles.